The molecular formula is C25H31N5O4. The van der Waals surface area contributed by atoms with Crippen LogP contribution in [0.15, 0.2) is 59.6 Å². The van der Waals surface area contributed by atoms with Gasteiger partial charge in [0.15, 0.2) is 18.2 Å². The number of nitrogens with zero attached hydrogens (tertiary/aromatic N) is 4. The van der Waals surface area contributed by atoms with E-state index in [1.54, 1.807) is 11.9 Å². The Morgan fingerprint density at radius 1 is 1.15 bits per heavy atom. The molecule has 1 saturated heterocycles. The fourth-order valence-electron chi connectivity index (χ4n) is 4.28. The number of benzene rings is 2. The molecule has 9 nitrogen and oxygen atoms in total. The van der Waals surface area contributed by atoms with Gasteiger partial charge >= 0.3 is 6.03 Å². The molecule has 3 unspecified atom stereocenters. The molecule has 0 aliphatic carbocycles. The van der Waals surface area contributed by atoms with Crippen molar-refractivity contribution in [2.24, 2.45) is 4.99 Å². The van der Waals surface area contributed by atoms with Gasteiger partial charge in [0.2, 0.25) is 0 Å². The lowest BCUT2D eigenvalue weighted by atomic mass is 10.1. The van der Waals surface area contributed by atoms with Crippen LogP contribution in [0.3, 0.4) is 0 Å². The number of carbonyl (C=O) groups excluding carboxylic acids is 2. The van der Waals surface area contributed by atoms with Gasteiger partial charge in [0.1, 0.15) is 18.5 Å². The Kier molecular flexibility index (Phi) is 7.02. The first-order valence-electron chi connectivity index (χ1n) is 11.4. The zero-order valence-electron chi connectivity index (χ0n) is 19.7. The predicted molar refractivity (Wildman–Crippen MR) is 128 cm³/mol. The number of aryl methyl sites for hydroxylation is 1. The third-order valence-electron chi connectivity index (χ3n) is 6.10. The zero-order chi connectivity index (χ0) is 24.2. The number of β-amino-alcohol motifs (C(OH)–C–C–N with tert-alkyl or cyclic N) is 1. The van der Waals surface area contributed by atoms with Crippen LogP contribution in [0.2, 0.25) is 0 Å². The highest BCUT2D eigenvalue weighted by molar-refractivity contribution is 6.03. The number of rotatable bonds is 8. The maximum Gasteiger partial charge on any atom is 0.325 e. The van der Waals surface area contributed by atoms with E-state index in [4.69, 9.17) is 9.73 Å². The Balaban J connectivity index is 1.51. The van der Waals surface area contributed by atoms with Gasteiger partial charge in [-0.1, -0.05) is 49.4 Å². The van der Waals surface area contributed by atoms with Crippen molar-refractivity contribution in [2.75, 3.05) is 27.2 Å². The molecule has 3 atom stereocenters. The molecule has 2 aromatic rings. The summed E-state index contributed by atoms with van der Waals surface area (Å²) in [5.41, 5.74) is 2.23. The van der Waals surface area contributed by atoms with Crippen molar-refractivity contribution in [3.63, 3.8) is 0 Å². The molecule has 34 heavy (non-hydrogen) atoms. The summed E-state index contributed by atoms with van der Waals surface area (Å²) in [7, 11) is 3.50. The van der Waals surface area contributed by atoms with Crippen LogP contribution in [0.4, 0.5) is 4.79 Å². The van der Waals surface area contributed by atoms with Crippen molar-refractivity contribution >= 4 is 17.9 Å². The number of aliphatic imine (C=N–C) groups is 1. The number of guanidine groups is 1. The number of likely N-dealkylation sites (N-methyl/N-ethyl adjacent to an activating group) is 1. The van der Waals surface area contributed by atoms with Crippen molar-refractivity contribution in [3.05, 3.63) is 65.7 Å². The van der Waals surface area contributed by atoms with Crippen LogP contribution in [-0.4, -0.2) is 83.3 Å². The first kappa shape index (κ1) is 23.6. The highest BCUT2D eigenvalue weighted by Gasteiger charge is 2.49. The van der Waals surface area contributed by atoms with Crippen LogP contribution in [0, 0.1) is 0 Å². The van der Waals surface area contributed by atoms with Gasteiger partial charge in [-0.3, -0.25) is 10.1 Å². The van der Waals surface area contributed by atoms with E-state index >= 15 is 0 Å². The molecule has 9 heteroatoms. The number of carbonyl (C=O) groups is 2. The van der Waals surface area contributed by atoms with Crippen molar-refractivity contribution in [3.8, 4) is 5.75 Å². The number of hydrogen-bond acceptors (Lipinski definition) is 7. The number of nitrogens with one attached hydrogen (secondary N) is 1. The maximum absolute atomic E-state index is 12.8. The van der Waals surface area contributed by atoms with Crippen LogP contribution in [0.25, 0.3) is 0 Å². The molecule has 0 bridgehead atoms. The fraction of sp³-hybridized carbons (Fsp3) is 0.400. The molecule has 0 radical (unpaired) electrons. The summed E-state index contributed by atoms with van der Waals surface area (Å²) in [6.45, 7) is 2.82. The summed E-state index contributed by atoms with van der Waals surface area (Å²) in [5.74, 6) is 0.805. The Morgan fingerprint density at radius 2 is 1.88 bits per heavy atom. The van der Waals surface area contributed by atoms with Gasteiger partial charge in [-0.2, -0.15) is 0 Å². The molecular weight excluding hydrogens is 434 g/mol. The van der Waals surface area contributed by atoms with Crippen LogP contribution in [0.5, 0.6) is 5.75 Å². The maximum atomic E-state index is 12.8. The van der Waals surface area contributed by atoms with Crippen molar-refractivity contribution < 1.29 is 19.4 Å². The second kappa shape index (κ2) is 10.1. The molecule has 2 heterocycles. The fourth-order valence-corrected chi connectivity index (χ4v) is 4.28. The van der Waals surface area contributed by atoms with Crippen molar-refractivity contribution in [1.82, 2.24) is 20.0 Å². The van der Waals surface area contributed by atoms with E-state index in [0.717, 1.165) is 17.5 Å². The summed E-state index contributed by atoms with van der Waals surface area (Å²) in [6, 6.07) is 16.5. The summed E-state index contributed by atoms with van der Waals surface area (Å²) < 4.78 is 5.82. The predicted octanol–water partition coefficient (Wildman–Crippen LogP) is 1.67. The van der Waals surface area contributed by atoms with E-state index in [1.165, 1.54) is 4.90 Å². The number of hydrogen-bond donors (Lipinski definition) is 2. The van der Waals surface area contributed by atoms with Crippen LogP contribution < -0.4 is 10.1 Å². The van der Waals surface area contributed by atoms with E-state index in [0.29, 0.717) is 18.3 Å². The monoisotopic (exact) mass is 465 g/mol. The van der Waals surface area contributed by atoms with Gasteiger partial charge < -0.3 is 24.5 Å². The lowest BCUT2D eigenvalue weighted by Gasteiger charge is -2.37. The van der Waals surface area contributed by atoms with E-state index < -0.39 is 30.2 Å². The highest BCUT2D eigenvalue weighted by Crippen LogP contribution is 2.26. The number of fused-ring (bicyclic) bond motifs is 1. The van der Waals surface area contributed by atoms with Gasteiger partial charge in [-0.05, 0) is 29.7 Å². The van der Waals surface area contributed by atoms with Gasteiger partial charge in [-0.25, -0.2) is 9.79 Å². The number of aliphatic hydroxyl groups excluding tert-OH is 1. The molecule has 1 fully saturated rings. The molecule has 0 aromatic heterocycles. The van der Waals surface area contributed by atoms with Gasteiger partial charge in [0.05, 0.1) is 6.54 Å². The normalized spacial score (nSPS) is 20.5. The second-order valence-corrected chi connectivity index (χ2v) is 8.65. The van der Waals surface area contributed by atoms with Crippen LogP contribution >= 0.6 is 0 Å². The highest BCUT2D eigenvalue weighted by atomic mass is 16.5. The van der Waals surface area contributed by atoms with Crippen molar-refractivity contribution in [1.29, 1.82) is 0 Å². The quantitative estimate of drug-likeness (QED) is 0.616. The standard InChI is InChI=1S/C25H31N5O4/c1-4-17-11-8-12-20(13-17)34-16-19(31)15-30-21-22(29(3)25(33)27-23(21)32)26-24(30)28(2)14-18-9-6-5-7-10-18/h5-13,19,21-22,31H,4,14-16H2,1-3H3,(H,27,32,33). The average Bonchev–Trinajstić information content (AvgIpc) is 3.22. The van der Waals surface area contributed by atoms with E-state index in [2.05, 4.69) is 12.2 Å². The zero-order valence-corrected chi connectivity index (χ0v) is 19.7. The third-order valence-corrected chi connectivity index (χ3v) is 6.10. The van der Waals surface area contributed by atoms with E-state index in [9.17, 15) is 14.7 Å². The average molecular weight is 466 g/mol. The lowest BCUT2D eigenvalue weighted by Crippen LogP contribution is -2.65. The number of amides is 3. The van der Waals surface area contributed by atoms with E-state index in [-0.39, 0.29) is 13.2 Å². The molecule has 4 rings (SSSR count). The Bertz CT molecular complexity index is 1060. The summed E-state index contributed by atoms with van der Waals surface area (Å²) >= 11 is 0. The minimum absolute atomic E-state index is 0.0626. The molecule has 2 aromatic carbocycles. The molecule has 0 spiro atoms. The van der Waals surface area contributed by atoms with E-state index in [1.807, 2.05) is 66.5 Å². The Labute approximate surface area is 199 Å². The number of ether oxygens (including phenoxy) is 1. The Morgan fingerprint density at radius 3 is 2.62 bits per heavy atom. The largest absolute Gasteiger partial charge is 0.491 e. The van der Waals surface area contributed by atoms with Gasteiger partial charge in [-0.15, -0.1) is 0 Å². The summed E-state index contributed by atoms with van der Waals surface area (Å²) in [5, 5.41) is 13.2. The second-order valence-electron chi connectivity index (χ2n) is 8.65. The van der Waals surface area contributed by atoms with Crippen LogP contribution in [-0.2, 0) is 17.8 Å². The number of urea groups is 1. The SMILES string of the molecule is CCc1cccc(OCC(O)CN2C(N(C)Cc3ccccc3)=NC3C2C(=O)NC(=O)N3C)c1. The first-order chi connectivity index (χ1) is 16.4. The summed E-state index contributed by atoms with van der Waals surface area (Å²) in [6.07, 6.45) is -0.648. The third kappa shape index (κ3) is 4.99. The Hall–Kier alpha value is -3.59. The number of aliphatic hydroxyl groups is 1. The molecule has 2 aliphatic heterocycles. The van der Waals surface area contributed by atoms with Gasteiger partial charge in [0, 0.05) is 20.6 Å². The smallest absolute Gasteiger partial charge is 0.325 e. The van der Waals surface area contributed by atoms with Crippen LogP contribution in [0.1, 0.15) is 18.1 Å². The number of imide groups is 1. The first-order valence-corrected chi connectivity index (χ1v) is 11.4. The van der Waals surface area contributed by atoms with Gasteiger partial charge in [0.25, 0.3) is 5.91 Å². The minimum Gasteiger partial charge on any atom is -0.491 e. The molecule has 180 valence electrons. The topological polar surface area (TPSA) is 97.7 Å². The summed E-state index contributed by atoms with van der Waals surface area (Å²) in [4.78, 5) is 34.8. The van der Waals surface area contributed by atoms with Crippen molar-refractivity contribution in [2.45, 2.75) is 38.2 Å². The molecule has 0 saturated carbocycles. The lowest BCUT2D eigenvalue weighted by molar-refractivity contribution is -0.127. The molecule has 3 amide bonds. The molecule has 2 aliphatic rings. The molecule has 2 N–H and O–H groups in total. The minimum atomic E-state index is -0.880.